The maximum absolute atomic E-state index is 6.17. The predicted molar refractivity (Wildman–Crippen MR) is 79.3 cm³/mol. The summed E-state index contributed by atoms with van der Waals surface area (Å²) in [6.45, 7) is 3.13. The Morgan fingerprint density at radius 3 is 2.11 bits per heavy atom. The van der Waals surface area contributed by atoms with E-state index in [1.807, 2.05) is 43.4 Å². The van der Waals surface area contributed by atoms with Gasteiger partial charge in [0.15, 0.2) is 0 Å². The second kappa shape index (κ2) is 6.95. The SMILES string of the molecule is CNCC(C)C(Oc1ccccc1)c1ccccc1. The number of hydrogen-bond acceptors (Lipinski definition) is 2. The van der Waals surface area contributed by atoms with Gasteiger partial charge in [0.2, 0.25) is 0 Å². The van der Waals surface area contributed by atoms with E-state index in [2.05, 4.69) is 36.5 Å². The molecule has 0 aliphatic heterocycles. The van der Waals surface area contributed by atoms with Crippen LogP contribution in [0.2, 0.25) is 0 Å². The lowest BCUT2D eigenvalue weighted by molar-refractivity contribution is 0.144. The highest BCUT2D eigenvalue weighted by atomic mass is 16.5. The molecule has 0 aliphatic rings. The van der Waals surface area contributed by atoms with Gasteiger partial charge in [-0.2, -0.15) is 0 Å². The van der Waals surface area contributed by atoms with Crippen molar-refractivity contribution in [1.29, 1.82) is 0 Å². The third-order valence-electron chi connectivity index (χ3n) is 3.18. The molecule has 2 unspecified atom stereocenters. The molecule has 2 aromatic carbocycles. The van der Waals surface area contributed by atoms with Crippen LogP contribution < -0.4 is 10.1 Å². The second-order valence-corrected chi connectivity index (χ2v) is 4.80. The smallest absolute Gasteiger partial charge is 0.127 e. The van der Waals surface area contributed by atoms with E-state index >= 15 is 0 Å². The van der Waals surface area contributed by atoms with Gasteiger partial charge in [-0.1, -0.05) is 55.5 Å². The summed E-state index contributed by atoms with van der Waals surface area (Å²) in [5, 5.41) is 3.22. The molecule has 2 rings (SSSR count). The van der Waals surface area contributed by atoms with Crippen molar-refractivity contribution in [2.24, 2.45) is 5.92 Å². The van der Waals surface area contributed by atoms with Crippen molar-refractivity contribution >= 4 is 0 Å². The highest BCUT2D eigenvalue weighted by Crippen LogP contribution is 2.27. The summed E-state index contributed by atoms with van der Waals surface area (Å²) in [5.74, 6) is 1.31. The van der Waals surface area contributed by atoms with Gasteiger partial charge in [-0.15, -0.1) is 0 Å². The third kappa shape index (κ3) is 3.83. The van der Waals surface area contributed by atoms with Crippen LogP contribution in [0.1, 0.15) is 18.6 Å². The minimum Gasteiger partial charge on any atom is -0.485 e. The summed E-state index contributed by atoms with van der Waals surface area (Å²) in [4.78, 5) is 0. The summed E-state index contributed by atoms with van der Waals surface area (Å²) >= 11 is 0. The van der Waals surface area contributed by atoms with Gasteiger partial charge in [0.25, 0.3) is 0 Å². The minimum absolute atomic E-state index is 0.0658. The molecule has 2 aromatic rings. The fourth-order valence-corrected chi connectivity index (χ4v) is 2.23. The normalized spacial score (nSPS) is 13.8. The zero-order valence-corrected chi connectivity index (χ0v) is 11.5. The first-order valence-corrected chi connectivity index (χ1v) is 6.72. The molecule has 0 aromatic heterocycles. The molecule has 2 heteroatoms. The topological polar surface area (TPSA) is 21.3 Å². The Labute approximate surface area is 115 Å². The molecule has 19 heavy (non-hydrogen) atoms. The average Bonchev–Trinajstić information content (AvgIpc) is 2.47. The quantitative estimate of drug-likeness (QED) is 0.850. The Kier molecular flexibility index (Phi) is 4.99. The van der Waals surface area contributed by atoms with Crippen molar-refractivity contribution in [1.82, 2.24) is 5.32 Å². The number of rotatable bonds is 6. The van der Waals surface area contributed by atoms with Gasteiger partial charge in [-0.3, -0.25) is 0 Å². The molecule has 0 bridgehead atoms. The molecule has 1 N–H and O–H groups in total. The van der Waals surface area contributed by atoms with Gasteiger partial charge in [0.1, 0.15) is 11.9 Å². The van der Waals surface area contributed by atoms with E-state index in [-0.39, 0.29) is 6.10 Å². The van der Waals surface area contributed by atoms with Gasteiger partial charge in [0.05, 0.1) is 0 Å². The zero-order chi connectivity index (χ0) is 13.5. The molecule has 100 valence electrons. The van der Waals surface area contributed by atoms with Crippen molar-refractivity contribution in [2.45, 2.75) is 13.0 Å². The summed E-state index contributed by atoms with van der Waals surface area (Å²) in [7, 11) is 1.97. The van der Waals surface area contributed by atoms with Crippen molar-refractivity contribution in [3.05, 3.63) is 66.2 Å². The molecular formula is C17H21NO. The lowest BCUT2D eigenvalue weighted by Crippen LogP contribution is -2.25. The Balaban J connectivity index is 2.20. The number of benzene rings is 2. The van der Waals surface area contributed by atoms with E-state index in [0.717, 1.165) is 12.3 Å². The van der Waals surface area contributed by atoms with Crippen molar-refractivity contribution < 1.29 is 4.74 Å². The average molecular weight is 255 g/mol. The van der Waals surface area contributed by atoms with Crippen molar-refractivity contribution in [2.75, 3.05) is 13.6 Å². The first-order valence-electron chi connectivity index (χ1n) is 6.72. The molecule has 0 heterocycles. The monoisotopic (exact) mass is 255 g/mol. The third-order valence-corrected chi connectivity index (χ3v) is 3.18. The molecule has 2 atom stereocenters. The fourth-order valence-electron chi connectivity index (χ4n) is 2.23. The van der Waals surface area contributed by atoms with Crippen LogP contribution in [0.5, 0.6) is 5.75 Å². The minimum atomic E-state index is 0.0658. The van der Waals surface area contributed by atoms with E-state index < -0.39 is 0 Å². The second-order valence-electron chi connectivity index (χ2n) is 4.80. The Morgan fingerprint density at radius 2 is 1.53 bits per heavy atom. The summed E-state index contributed by atoms with van der Waals surface area (Å²) < 4.78 is 6.17. The molecule has 0 aliphatic carbocycles. The molecule has 0 amide bonds. The van der Waals surface area contributed by atoms with Crippen LogP contribution in [-0.4, -0.2) is 13.6 Å². The van der Waals surface area contributed by atoms with Crippen LogP contribution in [0.15, 0.2) is 60.7 Å². The van der Waals surface area contributed by atoms with Gasteiger partial charge in [0, 0.05) is 12.5 Å². The van der Waals surface area contributed by atoms with Gasteiger partial charge >= 0.3 is 0 Å². The van der Waals surface area contributed by atoms with Gasteiger partial charge < -0.3 is 10.1 Å². The summed E-state index contributed by atoms with van der Waals surface area (Å²) in [5.41, 5.74) is 1.22. The standard InChI is InChI=1S/C17H21NO/c1-14(13-18-2)17(15-9-5-3-6-10-15)19-16-11-7-4-8-12-16/h3-12,14,17-18H,13H2,1-2H3. The van der Waals surface area contributed by atoms with Gasteiger partial charge in [-0.05, 0) is 24.7 Å². The van der Waals surface area contributed by atoms with E-state index in [9.17, 15) is 0 Å². The Hall–Kier alpha value is -1.80. The van der Waals surface area contributed by atoms with E-state index in [4.69, 9.17) is 4.74 Å². The molecule has 0 saturated carbocycles. The zero-order valence-electron chi connectivity index (χ0n) is 11.5. The van der Waals surface area contributed by atoms with Crippen LogP contribution in [0.4, 0.5) is 0 Å². The highest BCUT2D eigenvalue weighted by Gasteiger charge is 2.20. The lowest BCUT2D eigenvalue weighted by atomic mass is 9.97. The Bertz CT molecular complexity index is 469. The number of nitrogens with one attached hydrogen (secondary N) is 1. The van der Waals surface area contributed by atoms with Crippen LogP contribution in [0.3, 0.4) is 0 Å². The first-order chi connectivity index (χ1) is 9.31. The lowest BCUT2D eigenvalue weighted by Gasteiger charge is -2.25. The molecular weight excluding hydrogens is 234 g/mol. The fraction of sp³-hybridized carbons (Fsp3) is 0.294. The molecule has 0 radical (unpaired) electrons. The number of para-hydroxylation sites is 1. The van der Waals surface area contributed by atoms with Gasteiger partial charge in [-0.25, -0.2) is 0 Å². The first kappa shape index (κ1) is 13.6. The van der Waals surface area contributed by atoms with Crippen molar-refractivity contribution in [3.8, 4) is 5.75 Å². The molecule has 2 nitrogen and oxygen atoms in total. The van der Waals surface area contributed by atoms with Crippen LogP contribution >= 0.6 is 0 Å². The van der Waals surface area contributed by atoms with E-state index in [1.54, 1.807) is 0 Å². The molecule has 0 fully saturated rings. The van der Waals surface area contributed by atoms with Crippen LogP contribution in [-0.2, 0) is 0 Å². The maximum atomic E-state index is 6.17. The number of hydrogen-bond donors (Lipinski definition) is 1. The van der Waals surface area contributed by atoms with E-state index in [0.29, 0.717) is 5.92 Å². The number of ether oxygens (including phenoxy) is 1. The van der Waals surface area contributed by atoms with Crippen molar-refractivity contribution in [3.63, 3.8) is 0 Å². The van der Waals surface area contributed by atoms with Crippen LogP contribution in [0, 0.1) is 5.92 Å². The predicted octanol–water partition coefficient (Wildman–Crippen LogP) is 3.66. The molecule has 0 saturated heterocycles. The molecule has 0 spiro atoms. The maximum Gasteiger partial charge on any atom is 0.127 e. The Morgan fingerprint density at radius 1 is 0.947 bits per heavy atom. The van der Waals surface area contributed by atoms with E-state index in [1.165, 1.54) is 5.56 Å². The largest absolute Gasteiger partial charge is 0.485 e. The summed E-state index contributed by atoms with van der Waals surface area (Å²) in [6, 6.07) is 20.4. The van der Waals surface area contributed by atoms with Crippen LogP contribution in [0.25, 0.3) is 0 Å². The summed E-state index contributed by atoms with van der Waals surface area (Å²) in [6.07, 6.45) is 0.0658. The highest BCUT2D eigenvalue weighted by molar-refractivity contribution is 5.25.